The van der Waals surface area contributed by atoms with Gasteiger partial charge in [-0.2, -0.15) is 0 Å². The summed E-state index contributed by atoms with van der Waals surface area (Å²) in [6.07, 6.45) is 18.6. The van der Waals surface area contributed by atoms with Crippen LogP contribution in [0.5, 0.6) is 46.0 Å². The molecule has 18 rings (SSSR count). The van der Waals surface area contributed by atoms with Gasteiger partial charge in [-0.25, -0.2) is 0 Å². The van der Waals surface area contributed by atoms with Crippen LogP contribution in [-0.4, -0.2) is 20.1 Å². The minimum Gasteiger partial charge on any atom is -0.458 e. The van der Waals surface area contributed by atoms with Gasteiger partial charge >= 0.3 is 0 Å². The van der Waals surface area contributed by atoms with Crippen molar-refractivity contribution in [1.82, 2.24) is 0 Å². The van der Waals surface area contributed by atoms with Crippen LogP contribution in [0.2, 0.25) is 0 Å². The summed E-state index contributed by atoms with van der Waals surface area (Å²) in [5.41, 5.74) is 30.0. The van der Waals surface area contributed by atoms with Gasteiger partial charge in [0.05, 0.1) is 11.4 Å². The van der Waals surface area contributed by atoms with Crippen molar-refractivity contribution in [2.75, 3.05) is 9.80 Å². The van der Waals surface area contributed by atoms with Crippen molar-refractivity contribution in [3.05, 3.63) is 184 Å². The average molecular weight is 1130 g/mol. The second-order valence-electron chi connectivity index (χ2n) is 27.7. The highest BCUT2D eigenvalue weighted by Gasteiger charge is 2.50. The molecule has 0 saturated heterocycles. The monoisotopic (exact) mass is 1130 g/mol. The van der Waals surface area contributed by atoms with Crippen LogP contribution < -0.4 is 77.9 Å². The molecule has 0 atom stereocenters. The van der Waals surface area contributed by atoms with Crippen LogP contribution >= 0.6 is 0 Å². The normalized spacial score (nSPS) is 17.7. The van der Waals surface area contributed by atoms with Crippen LogP contribution in [0.1, 0.15) is 164 Å². The van der Waals surface area contributed by atoms with Gasteiger partial charge in [-0.15, -0.1) is 0 Å². The number of hydrogen-bond donors (Lipinski definition) is 0. The Labute approximate surface area is 514 Å². The van der Waals surface area contributed by atoms with Gasteiger partial charge in [0.2, 0.25) is 0 Å². The SMILES string of the molecule is Cc1cc(C)c(N2c3cc4c(cc3B3c5cc6c(cc5N(c5c(C)cc(C)cc5C)c5cc(C7CCCCC7)cc2c53)Oc2cc(C3CCCCC3)cc3c2B6c2ccccc2O3)B2c3ccccc3Oc3cc(C5CCCCC5)cc(c32)O4)c(C)c1. The topological polar surface area (TPSA) is 43.4 Å². The lowest BCUT2D eigenvalue weighted by molar-refractivity contribution is 0.433. The number of hydrogen-bond acceptors (Lipinski definition) is 6. The number of anilines is 6. The first-order valence-corrected chi connectivity index (χ1v) is 33.1. The van der Waals surface area contributed by atoms with Crippen LogP contribution in [0.25, 0.3) is 0 Å². The zero-order chi connectivity index (χ0) is 58.1. The van der Waals surface area contributed by atoms with Crippen molar-refractivity contribution in [3.63, 3.8) is 0 Å². The number of ether oxygens (including phenoxy) is 4. The van der Waals surface area contributed by atoms with Gasteiger partial charge in [-0.3, -0.25) is 0 Å². The molecule has 9 aromatic rings. The molecular formula is C78H73B3N2O4. The molecule has 9 aromatic carbocycles. The van der Waals surface area contributed by atoms with Crippen molar-refractivity contribution < 1.29 is 18.9 Å². The van der Waals surface area contributed by atoms with Crippen LogP contribution in [0.3, 0.4) is 0 Å². The van der Waals surface area contributed by atoms with Gasteiger partial charge in [0.1, 0.15) is 46.0 Å². The standard InChI is InChI=1S/C78H73B3N2O4/c1-44-30-46(3)77(47(4)31-44)82-62-42-68-60(79-56-26-16-18-28-66(56)84-70-36-54(38-72(86-68)75(70)79)51-22-12-8-13-23-51)40-58(62)81-59-41-61-69(87-73-39-55(52-24-14-9-15-25-52)37-71-76(73)80(61)57-27-17-19-29-67(57)85-71)43-63(59)83(78-48(5)32-45(2)33-49(78)6)65-35-53(34-64(82)74(65)81)50-20-10-7-11-21-50/h16-19,26-43,50-52H,7-15,20-25H2,1-6H3. The largest absolute Gasteiger partial charge is 0.458 e. The second kappa shape index (κ2) is 19.7. The highest BCUT2D eigenvalue weighted by Crippen LogP contribution is 2.52. The highest BCUT2D eigenvalue weighted by atomic mass is 16.5. The minimum absolute atomic E-state index is 0.0956. The minimum atomic E-state index is -0.171. The fourth-order valence-corrected chi connectivity index (χ4v) is 18.5. The van der Waals surface area contributed by atoms with Crippen molar-refractivity contribution in [1.29, 1.82) is 0 Å². The predicted molar refractivity (Wildman–Crippen MR) is 362 cm³/mol. The summed E-state index contributed by atoms with van der Waals surface area (Å²) in [4.78, 5) is 5.39. The molecule has 428 valence electrons. The molecule has 6 aliphatic heterocycles. The molecule has 0 amide bonds. The van der Waals surface area contributed by atoms with E-state index >= 15 is 0 Å². The molecule has 9 aliphatic rings. The Kier molecular flexibility index (Phi) is 11.8. The van der Waals surface area contributed by atoms with Crippen molar-refractivity contribution in [3.8, 4) is 46.0 Å². The maximum atomic E-state index is 7.59. The molecule has 0 aromatic heterocycles. The van der Waals surface area contributed by atoms with E-state index in [1.165, 1.54) is 219 Å². The van der Waals surface area contributed by atoms with Gasteiger partial charge in [0.25, 0.3) is 20.1 Å². The maximum absolute atomic E-state index is 7.59. The summed E-state index contributed by atoms with van der Waals surface area (Å²) >= 11 is 0. The molecule has 87 heavy (non-hydrogen) atoms. The van der Waals surface area contributed by atoms with Gasteiger partial charge in [0.15, 0.2) is 0 Å². The quantitative estimate of drug-likeness (QED) is 0.160. The van der Waals surface area contributed by atoms with Gasteiger partial charge in [-0.05, 0) is 224 Å². The Balaban J connectivity index is 0.942. The Morgan fingerprint density at radius 3 is 1.01 bits per heavy atom. The number of para-hydroxylation sites is 2. The van der Waals surface area contributed by atoms with E-state index in [9.17, 15) is 0 Å². The highest BCUT2D eigenvalue weighted by molar-refractivity contribution is 7.03. The molecule has 0 N–H and O–H groups in total. The summed E-state index contributed by atoms with van der Waals surface area (Å²) in [6.45, 7) is 13.5. The van der Waals surface area contributed by atoms with E-state index in [1.54, 1.807) is 0 Å². The van der Waals surface area contributed by atoms with E-state index in [-0.39, 0.29) is 20.1 Å². The Bertz CT molecular complexity index is 4120. The van der Waals surface area contributed by atoms with Crippen molar-refractivity contribution in [2.45, 2.75) is 156 Å². The molecule has 0 bridgehead atoms. The fourth-order valence-electron chi connectivity index (χ4n) is 18.5. The molecule has 9 heteroatoms. The summed E-state index contributed by atoms with van der Waals surface area (Å²) in [7, 11) is 0. The first kappa shape index (κ1) is 52.1. The lowest BCUT2D eigenvalue weighted by Crippen LogP contribution is -2.65. The van der Waals surface area contributed by atoms with E-state index in [1.807, 2.05) is 0 Å². The summed E-state index contributed by atoms with van der Waals surface area (Å²) < 4.78 is 29.3. The van der Waals surface area contributed by atoms with E-state index in [2.05, 4.69) is 185 Å². The van der Waals surface area contributed by atoms with Crippen LogP contribution in [0.15, 0.2) is 133 Å². The summed E-state index contributed by atoms with van der Waals surface area (Å²) in [6, 6.07) is 52.1. The molecule has 3 aliphatic carbocycles. The van der Waals surface area contributed by atoms with E-state index in [0.717, 1.165) is 56.9 Å². The Morgan fingerprint density at radius 2 is 0.632 bits per heavy atom. The maximum Gasteiger partial charge on any atom is 0.260 e. The number of rotatable bonds is 5. The van der Waals surface area contributed by atoms with Crippen molar-refractivity contribution in [2.24, 2.45) is 0 Å². The fraction of sp³-hybridized carbons (Fsp3) is 0.308. The molecule has 0 unspecified atom stereocenters. The number of benzene rings is 9. The third-order valence-electron chi connectivity index (χ3n) is 22.1. The first-order chi connectivity index (χ1) is 42.6. The number of fused-ring (bicyclic) bond motifs is 12. The number of nitrogens with zero attached hydrogens (tertiary/aromatic N) is 2. The molecular weight excluding hydrogens is 1060 g/mol. The summed E-state index contributed by atoms with van der Waals surface area (Å²) in [5, 5.41) is 0. The lowest BCUT2D eigenvalue weighted by Gasteiger charge is -2.47. The molecule has 0 radical (unpaired) electrons. The van der Waals surface area contributed by atoms with Crippen molar-refractivity contribution >= 4 is 103 Å². The van der Waals surface area contributed by atoms with Crippen LogP contribution in [-0.2, 0) is 0 Å². The predicted octanol–water partition coefficient (Wildman–Crippen LogP) is 15.2. The van der Waals surface area contributed by atoms with Crippen LogP contribution in [0, 0.1) is 41.5 Å². The van der Waals surface area contributed by atoms with E-state index in [0.29, 0.717) is 17.8 Å². The Hall–Kier alpha value is -8.03. The molecule has 6 heterocycles. The van der Waals surface area contributed by atoms with Crippen LogP contribution in [0.4, 0.5) is 34.1 Å². The third kappa shape index (κ3) is 7.95. The first-order valence-electron chi connectivity index (χ1n) is 33.1. The Morgan fingerprint density at radius 1 is 0.299 bits per heavy atom. The average Bonchev–Trinajstić information content (AvgIpc) is 0.768. The lowest BCUT2D eigenvalue weighted by atomic mass is 9.29. The zero-order valence-electron chi connectivity index (χ0n) is 51.3. The van der Waals surface area contributed by atoms with Gasteiger partial charge < -0.3 is 28.7 Å². The molecule has 3 saturated carbocycles. The molecule has 3 fully saturated rings. The smallest absolute Gasteiger partial charge is 0.260 e. The zero-order valence-corrected chi connectivity index (χ0v) is 51.3. The van der Waals surface area contributed by atoms with E-state index in [4.69, 9.17) is 18.9 Å². The van der Waals surface area contributed by atoms with Gasteiger partial charge in [0, 0.05) is 45.8 Å². The molecule has 6 nitrogen and oxygen atoms in total. The third-order valence-corrected chi connectivity index (χ3v) is 22.1. The van der Waals surface area contributed by atoms with E-state index < -0.39 is 0 Å². The van der Waals surface area contributed by atoms with Gasteiger partial charge in [-0.1, -0.05) is 142 Å². The summed E-state index contributed by atoms with van der Waals surface area (Å²) in [5.74, 6) is 8.87. The molecule has 0 spiro atoms. The second-order valence-corrected chi connectivity index (χ2v) is 27.7. The number of aryl methyl sites for hydroxylation is 6.